The van der Waals surface area contributed by atoms with Crippen molar-refractivity contribution in [2.75, 3.05) is 39.9 Å². The van der Waals surface area contributed by atoms with E-state index in [0.29, 0.717) is 19.6 Å². The van der Waals surface area contributed by atoms with Crippen LogP contribution in [0.25, 0.3) is 0 Å². The molecular weight excluding hydrogens is 378 g/mol. The fourth-order valence-corrected chi connectivity index (χ4v) is 4.29. The molecule has 2 rings (SSSR count). The largest absolute Gasteiger partial charge is 0.393 e. The Kier molecular flexibility index (Phi) is 11.1. The molecule has 0 aromatic carbocycles. The minimum Gasteiger partial charge on any atom is -0.393 e. The van der Waals surface area contributed by atoms with Crippen LogP contribution in [0.2, 0.25) is 0 Å². The van der Waals surface area contributed by atoms with Crippen LogP contribution in [0.3, 0.4) is 0 Å². The summed E-state index contributed by atoms with van der Waals surface area (Å²) in [6, 6.07) is -0.631. The highest BCUT2D eigenvalue weighted by atomic mass is 32.1. The van der Waals surface area contributed by atoms with Crippen molar-refractivity contribution in [3.8, 4) is 0 Å². The van der Waals surface area contributed by atoms with Gasteiger partial charge in [0.25, 0.3) is 0 Å². The van der Waals surface area contributed by atoms with Gasteiger partial charge in [-0.25, -0.2) is 5.01 Å². The van der Waals surface area contributed by atoms with Gasteiger partial charge >= 0.3 is 0 Å². The highest BCUT2D eigenvalue weighted by Crippen LogP contribution is 2.24. The number of carbonyl (C=O) groups is 1. The van der Waals surface area contributed by atoms with Crippen LogP contribution >= 0.6 is 12.6 Å². The number of nitrogens with zero attached hydrogens (tertiary/aromatic N) is 1. The van der Waals surface area contributed by atoms with Crippen LogP contribution in [0.4, 0.5) is 0 Å². The molecule has 0 aromatic rings. The van der Waals surface area contributed by atoms with E-state index in [1.165, 1.54) is 32.1 Å². The molecule has 0 bridgehead atoms. The molecule has 2 fully saturated rings. The van der Waals surface area contributed by atoms with Crippen LogP contribution in [0.1, 0.15) is 44.9 Å². The first-order chi connectivity index (χ1) is 13.5. The molecule has 4 atom stereocenters. The molecule has 4 unspecified atom stereocenters. The monoisotopic (exact) mass is 417 g/mol. The van der Waals surface area contributed by atoms with Crippen LogP contribution in [0, 0.1) is 5.92 Å². The molecule has 1 saturated heterocycles. The maximum absolute atomic E-state index is 12.4. The van der Waals surface area contributed by atoms with Gasteiger partial charge in [-0.1, -0.05) is 19.3 Å². The lowest BCUT2D eigenvalue weighted by Gasteiger charge is -2.26. The number of rotatable bonds is 12. The van der Waals surface area contributed by atoms with Crippen LogP contribution in [0.5, 0.6) is 0 Å². The number of amides is 1. The zero-order chi connectivity index (χ0) is 20.4. The Morgan fingerprint density at radius 1 is 1.39 bits per heavy atom. The average molecular weight is 418 g/mol. The zero-order valence-corrected chi connectivity index (χ0v) is 18.0. The lowest BCUT2D eigenvalue weighted by Crippen LogP contribution is -2.48. The van der Waals surface area contributed by atoms with Crippen molar-refractivity contribution in [3.63, 3.8) is 0 Å². The van der Waals surface area contributed by atoms with Gasteiger partial charge in [0.1, 0.15) is 0 Å². The lowest BCUT2D eigenvalue weighted by molar-refractivity contribution is -0.123. The zero-order valence-electron chi connectivity index (χ0n) is 17.1. The molecule has 9 heteroatoms. The fraction of sp³-hybridized carbons (Fsp3) is 0.947. The Bertz CT molecular complexity index is 453. The van der Waals surface area contributed by atoms with Crippen molar-refractivity contribution in [1.82, 2.24) is 21.1 Å². The van der Waals surface area contributed by atoms with E-state index in [1.54, 1.807) is 7.11 Å². The molecule has 28 heavy (non-hydrogen) atoms. The Balaban J connectivity index is 1.59. The van der Waals surface area contributed by atoms with E-state index >= 15 is 0 Å². The molecule has 0 aromatic heterocycles. The first-order valence-electron chi connectivity index (χ1n) is 10.6. The first kappa shape index (κ1) is 23.9. The maximum Gasteiger partial charge on any atom is 0.237 e. The van der Waals surface area contributed by atoms with Crippen molar-refractivity contribution in [2.24, 2.45) is 11.7 Å². The molecule has 8 nitrogen and oxygen atoms in total. The van der Waals surface area contributed by atoms with E-state index < -0.39 is 12.1 Å². The van der Waals surface area contributed by atoms with E-state index in [9.17, 15) is 9.90 Å². The number of thiol groups is 1. The molecular formula is C19H39N5O3S. The lowest BCUT2D eigenvalue weighted by atomic mass is 9.89. The van der Waals surface area contributed by atoms with Crippen LogP contribution in [-0.4, -0.2) is 79.5 Å². The number of ether oxygens (including phenoxy) is 1. The normalized spacial score (nSPS) is 24.8. The summed E-state index contributed by atoms with van der Waals surface area (Å²) in [5, 5.41) is 18.4. The van der Waals surface area contributed by atoms with Crippen molar-refractivity contribution < 1.29 is 14.6 Å². The van der Waals surface area contributed by atoms with Gasteiger partial charge in [0.2, 0.25) is 5.91 Å². The first-order valence-corrected chi connectivity index (χ1v) is 11.1. The Labute approximate surface area is 174 Å². The molecule has 1 amide bonds. The summed E-state index contributed by atoms with van der Waals surface area (Å²) < 4.78 is 4.99. The van der Waals surface area contributed by atoms with Crippen molar-refractivity contribution in [1.29, 1.82) is 0 Å². The molecule has 1 saturated carbocycles. The number of methoxy groups -OCH3 is 1. The van der Waals surface area contributed by atoms with Crippen LogP contribution < -0.4 is 21.8 Å². The number of aliphatic hydroxyl groups is 1. The Morgan fingerprint density at radius 2 is 2.14 bits per heavy atom. The second-order valence-corrected chi connectivity index (χ2v) is 8.81. The third-order valence-corrected chi connectivity index (χ3v) is 5.93. The fourth-order valence-electron chi connectivity index (χ4n) is 4.01. The predicted octanol–water partition coefficient (Wildman–Crippen LogP) is -0.168. The number of aliphatic hydroxyl groups excluding tert-OH is 1. The summed E-state index contributed by atoms with van der Waals surface area (Å²) in [6.45, 7) is 3.69. The van der Waals surface area contributed by atoms with E-state index in [0.717, 1.165) is 25.6 Å². The number of hydrogen-bond donors (Lipinski definition) is 6. The number of nitrogens with two attached hydrogens (primary N) is 1. The smallest absolute Gasteiger partial charge is 0.237 e. The number of carbonyl (C=O) groups excluding carboxylic acids is 1. The van der Waals surface area contributed by atoms with E-state index in [-0.39, 0.29) is 23.7 Å². The summed E-state index contributed by atoms with van der Waals surface area (Å²) in [4.78, 5) is 12.4. The minimum absolute atomic E-state index is 0.0689. The second-order valence-electron chi connectivity index (χ2n) is 8.19. The standard InChI is InChI=1S/C19H39N5O3S/c1-27-13-18(28)21-8-7-16(25)9-17(20)19(26)23-15-10-22-24(12-15)11-14-5-3-2-4-6-14/h14-18,21-22,25,28H,2-13,20H2,1H3,(H,23,26). The summed E-state index contributed by atoms with van der Waals surface area (Å²) in [5.41, 5.74) is 9.39. The van der Waals surface area contributed by atoms with Crippen molar-refractivity contribution in [3.05, 3.63) is 0 Å². The topological polar surface area (TPSA) is 112 Å². The highest BCUT2D eigenvalue weighted by Gasteiger charge is 2.28. The number of nitrogens with one attached hydrogen (secondary N) is 3. The van der Waals surface area contributed by atoms with Crippen LogP contribution in [-0.2, 0) is 9.53 Å². The molecule has 0 spiro atoms. The van der Waals surface area contributed by atoms with Gasteiger partial charge in [-0.3, -0.25) is 10.2 Å². The predicted molar refractivity (Wildman–Crippen MR) is 114 cm³/mol. The number of hydrogen-bond acceptors (Lipinski definition) is 8. The van der Waals surface area contributed by atoms with E-state index in [2.05, 4.69) is 33.7 Å². The Morgan fingerprint density at radius 3 is 2.86 bits per heavy atom. The summed E-state index contributed by atoms with van der Waals surface area (Å²) in [7, 11) is 1.62. The van der Waals surface area contributed by atoms with Crippen molar-refractivity contribution >= 4 is 18.5 Å². The van der Waals surface area contributed by atoms with Crippen molar-refractivity contribution in [2.45, 2.75) is 68.5 Å². The van der Waals surface area contributed by atoms with Crippen LogP contribution in [0.15, 0.2) is 0 Å². The second kappa shape index (κ2) is 13.0. The number of hydrazine groups is 1. The van der Waals surface area contributed by atoms with Gasteiger partial charge in [-0.05, 0) is 38.1 Å². The molecule has 1 aliphatic carbocycles. The molecule has 1 heterocycles. The van der Waals surface area contributed by atoms with Gasteiger partial charge in [-0.15, -0.1) is 0 Å². The molecule has 6 N–H and O–H groups in total. The maximum atomic E-state index is 12.4. The average Bonchev–Trinajstić information content (AvgIpc) is 3.09. The third kappa shape index (κ3) is 8.94. The summed E-state index contributed by atoms with van der Waals surface area (Å²) in [5.74, 6) is 0.576. The van der Waals surface area contributed by atoms with E-state index in [1.807, 2.05) is 0 Å². The van der Waals surface area contributed by atoms with Gasteiger partial charge < -0.3 is 26.2 Å². The van der Waals surface area contributed by atoms with Gasteiger partial charge in [0, 0.05) is 26.7 Å². The highest BCUT2D eigenvalue weighted by molar-refractivity contribution is 7.80. The summed E-state index contributed by atoms with van der Waals surface area (Å²) >= 11 is 4.31. The van der Waals surface area contributed by atoms with Gasteiger partial charge in [0.15, 0.2) is 0 Å². The molecule has 0 radical (unpaired) electrons. The third-order valence-electron chi connectivity index (χ3n) is 5.60. The minimum atomic E-state index is -0.701. The quantitative estimate of drug-likeness (QED) is 0.193. The molecule has 2 aliphatic rings. The van der Waals surface area contributed by atoms with Gasteiger partial charge in [0.05, 0.1) is 30.2 Å². The van der Waals surface area contributed by atoms with Gasteiger partial charge in [-0.2, -0.15) is 12.6 Å². The molecule has 164 valence electrons. The SMILES string of the molecule is COCC(S)NCCC(O)CC(N)C(=O)NC1CNN(CC2CCCCC2)C1. The molecule has 1 aliphatic heterocycles. The Hall–Kier alpha value is -0.420. The summed E-state index contributed by atoms with van der Waals surface area (Å²) in [6.07, 6.45) is 6.81. The van der Waals surface area contributed by atoms with E-state index in [4.69, 9.17) is 10.5 Å².